The van der Waals surface area contributed by atoms with E-state index in [4.69, 9.17) is 4.74 Å². The molecule has 1 aromatic heterocycles. The lowest BCUT2D eigenvalue weighted by atomic mass is 9.92. The molecule has 0 spiro atoms. The maximum Gasteiger partial charge on any atom is 0.322 e. The molecule has 0 radical (unpaired) electrons. The molecule has 1 atom stereocenters. The number of aromatic nitrogens is 2. The molecule has 118 valence electrons. The van der Waals surface area contributed by atoms with Crippen LogP contribution in [-0.4, -0.2) is 48.5 Å². The molecule has 1 aliphatic heterocycles. The largest absolute Gasteiger partial charge is 0.480 e. The van der Waals surface area contributed by atoms with Crippen molar-refractivity contribution in [2.45, 2.75) is 37.2 Å². The Kier molecular flexibility index (Phi) is 4.96. The summed E-state index contributed by atoms with van der Waals surface area (Å²) < 4.78 is 33.4. The highest BCUT2D eigenvalue weighted by Gasteiger charge is 2.34. The van der Waals surface area contributed by atoms with Gasteiger partial charge < -0.3 is 9.84 Å². The fraction of sp³-hybridized carbons (Fsp3) is 0.667. The van der Waals surface area contributed by atoms with Gasteiger partial charge in [0.05, 0.1) is 6.20 Å². The smallest absolute Gasteiger partial charge is 0.322 e. The minimum absolute atomic E-state index is 0.0253. The molecule has 9 heteroatoms. The molecule has 8 nitrogen and oxygen atoms in total. The molecule has 0 aromatic carbocycles. The summed E-state index contributed by atoms with van der Waals surface area (Å²) in [6.45, 7) is 3.27. The molecule has 0 amide bonds. The zero-order valence-corrected chi connectivity index (χ0v) is 12.5. The van der Waals surface area contributed by atoms with Crippen LogP contribution in [0.4, 0.5) is 0 Å². The maximum atomic E-state index is 12.3. The van der Waals surface area contributed by atoms with Crippen molar-refractivity contribution < 1.29 is 23.1 Å². The van der Waals surface area contributed by atoms with Crippen molar-refractivity contribution in [2.75, 3.05) is 13.2 Å². The quantitative estimate of drug-likeness (QED) is 0.767. The predicted octanol–water partition coefficient (Wildman–Crippen LogP) is 0.0611. The van der Waals surface area contributed by atoms with Gasteiger partial charge in [-0.05, 0) is 25.7 Å². The molecule has 0 bridgehead atoms. The second kappa shape index (κ2) is 6.54. The fourth-order valence-corrected chi connectivity index (χ4v) is 3.50. The standard InChI is InChI=1S/C12H19N3O5S/c1-2-15-8-10(7-13-15)21(18,19)14-11(12(16)17)9-3-5-20-6-4-9/h7-9,11,14H,2-6H2,1H3,(H,16,17). The van der Waals surface area contributed by atoms with E-state index in [0.717, 1.165) is 0 Å². The zero-order chi connectivity index (χ0) is 15.5. The molecule has 1 saturated heterocycles. The molecule has 1 fully saturated rings. The van der Waals surface area contributed by atoms with E-state index < -0.39 is 22.0 Å². The van der Waals surface area contributed by atoms with Gasteiger partial charge in [0.15, 0.2) is 0 Å². The molecule has 0 aliphatic carbocycles. The average Bonchev–Trinajstić information content (AvgIpc) is 2.95. The lowest BCUT2D eigenvalue weighted by Crippen LogP contribution is -2.47. The first-order valence-corrected chi connectivity index (χ1v) is 8.27. The highest BCUT2D eigenvalue weighted by molar-refractivity contribution is 7.89. The third-order valence-corrected chi connectivity index (χ3v) is 4.93. The van der Waals surface area contributed by atoms with Gasteiger partial charge in [0.25, 0.3) is 0 Å². The van der Waals surface area contributed by atoms with E-state index in [2.05, 4.69) is 9.82 Å². The van der Waals surface area contributed by atoms with Gasteiger partial charge in [-0.1, -0.05) is 0 Å². The van der Waals surface area contributed by atoms with Crippen LogP contribution in [0.5, 0.6) is 0 Å². The van der Waals surface area contributed by atoms with Crippen LogP contribution in [0.25, 0.3) is 0 Å². The minimum atomic E-state index is -3.90. The molecule has 2 rings (SSSR count). The summed E-state index contributed by atoms with van der Waals surface area (Å²) in [5, 5.41) is 13.2. The topological polar surface area (TPSA) is 111 Å². The van der Waals surface area contributed by atoms with E-state index in [1.54, 1.807) is 0 Å². The van der Waals surface area contributed by atoms with Crippen LogP contribution in [0.1, 0.15) is 19.8 Å². The molecular formula is C12H19N3O5S. The van der Waals surface area contributed by atoms with Crippen LogP contribution in [0.3, 0.4) is 0 Å². The van der Waals surface area contributed by atoms with Crippen molar-refractivity contribution in [3.8, 4) is 0 Å². The number of aliphatic carboxylic acids is 1. The number of hydrogen-bond donors (Lipinski definition) is 2. The number of carbonyl (C=O) groups is 1. The highest BCUT2D eigenvalue weighted by atomic mass is 32.2. The van der Waals surface area contributed by atoms with Crippen LogP contribution >= 0.6 is 0 Å². The van der Waals surface area contributed by atoms with E-state index in [-0.39, 0.29) is 10.8 Å². The SMILES string of the molecule is CCn1cc(S(=O)(=O)NC(C(=O)O)C2CCOCC2)cn1. The summed E-state index contributed by atoms with van der Waals surface area (Å²) in [4.78, 5) is 11.4. The number of carboxylic acids is 1. The molecule has 0 saturated carbocycles. The first kappa shape index (κ1) is 15.9. The molecule has 2 heterocycles. The minimum Gasteiger partial charge on any atom is -0.480 e. The van der Waals surface area contributed by atoms with Gasteiger partial charge >= 0.3 is 5.97 Å². The average molecular weight is 317 g/mol. The van der Waals surface area contributed by atoms with Crippen molar-refractivity contribution >= 4 is 16.0 Å². The van der Waals surface area contributed by atoms with E-state index in [1.165, 1.54) is 17.1 Å². The molecule has 1 aromatic rings. The summed E-state index contributed by atoms with van der Waals surface area (Å²) in [5.41, 5.74) is 0. The lowest BCUT2D eigenvalue weighted by Gasteiger charge is -2.27. The van der Waals surface area contributed by atoms with Crippen LogP contribution in [0, 0.1) is 5.92 Å². The van der Waals surface area contributed by atoms with E-state index >= 15 is 0 Å². The van der Waals surface area contributed by atoms with Crippen molar-refractivity contribution in [1.82, 2.24) is 14.5 Å². The second-order valence-electron chi connectivity index (χ2n) is 4.92. The monoisotopic (exact) mass is 317 g/mol. The summed E-state index contributed by atoms with van der Waals surface area (Å²) in [7, 11) is -3.90. The van der Waals surface area contributed by atoms with Gasteiger partial charge in [-0.15, -0.1) is 0 Å². The molecule has 1 unspecified atom stereocenters. The van der Waals surface area contributed by atoms with Gasteiger partial charge in [0, 0.05) is 26.0 Å². The molecule has 2 N–H and O–H groups in total. The summed E-state index contributed by atoms with van der Waals surface area (Å²) >= 11 is 0. The summed E-state index contributed by atoms with van der Waals surface area (Å²) in [6.07, 6.45) is 3.64. The zero-order valence-electron chi connectivity index (χ0n) is 11.7. The number of aryl methyl sites for hydroxylation is 1. The van der Waals surface area contributed by atoms with Crippen molar-refractivity contribution in [2.24, 2.45) is 5.92 Å². The second-order valence-corrected chi connectivity index (χ2v) is 6.63. The van der Waals surface area contributed by atoms with Crippen molar-refractivity contribution in [1.29, 1.82) is 0 Å². The maximum absolute atomic E-state index is 12.3. The normalized spacial score (nSPS) is 18.5. The number of nitrogens with zero attached hydrogens (tertiary/aromatic N) is 2. The third kappa shape index (κ3) is 3.80. The first-order chi connectivity index (χ1) is 9.94. The Hall–Kier alpha value is -1.45. The Labute approximate surface area is 123 Å². The first-order valence-electron chi connectivity index (χ1n) is 6.79. The third-order valence-electron chi connectivity index (χ3n) is 3.53. The van der Waals surface area contributed by atoms with E-state index in [9.17, 15) is 18.3 Å². The lowest BCUT2D eigenvalue weighted by molar-refractivity contribution is -0.141. The van der Waals surface area contributed by atoms with Gasteiger partial charge in [-0.3, -0.25) is 9.48 Å². The number of rotatable bonds is 6. The van der Waals surface area contributed by atoms with E-state index in [0.29, 0.717) is 32.6 Å². The van der Waals surface area contributed by atoms with Crippen LogP contribution in [0.15, 0.2) is 17.3 Å². The molecule has 21 heavy (non-hydrogen) atoms. The van der Waals surface area contributed by atoms with Crippen molar-refractivity contribution in [3.63, 3.8) is 0 Å². The van der Waals surface area contributed by atoms with Gasteiger partial charge in [-0.2, -0.15) is 9.82 Å². The Bertz CT molecular complexity index is 592. The molecular weight excluding hydrogens is 298 g/mol. The Balaban J connectivity index is 2.16. The van der Waals surface area contributed by atoms with Gasteiger partial charge in [0.1, 0.15) is 10.9 Å². The Morgan fingerprint density at radius 3 is 2.76 bits per heavy atom. The van der Waals surface area contributed by atoms with Crippen LogP contribution in [-0.2, 0) is 26.1 Å². The summed E-state index contributed by atoms with van der Waals surface area (Å²) in [5.74, 6) is -1.44. The predicted molar refractivity (Wildman–Crippen MR) is 73.2 cm³/mol. The number of sulfonamides is 1. The Morgan fingerprint density at radius 1 is 1.57 bits per heavy atom. The highest BCUT2D eigenvalue weighted by Crippen LogP contribution is 2.21. The number of carboxylic acid groups (broad SMARTS) is 1. The van der Waals surface area contributed by atoms with Crippen LogP contribution in [0.2, 0.25) is 0 Å². The molecule has 1 aliphatic rings. The van der Waals surface area contributed by atoms with Crippen molar-refractivity contribution in [3.05, 3.63) is 12.4 Å². The fourth-order valence-electron chi connectivity index (χ4n) is 2.29. The van der Waals surface area contributed by atoms with Gasteiger partial charge in [0.2, 0.25) is 10.0 Å². The number of hydrogen-bond acceptors (Lipinski definition) is 5. The number of ether oxygens (including phenoxy) is 1. The number of nitrogens with one attached hydrogen (secondary N) is 1. The summed E-state index contributed by atoms with van der Waals surface area (Å²) in [6, 6.07) is -1.15. The van der Waals surface area contributed by atoms with Gasteiger partial charge in [-0.25, -0.2) is 8.42 Å². The van der Waals surface area contributed by atoms with Crippen LogP contribution < -0.4 is 4.72 Å². The Morgan fingerprint density at radius 2 is 2.24 bits per heavy atom. The van der Waals surface area contributed by atoms with E-state index in [1.807, 2.05) is 6.92 Å².